The number of hydrogen-bond donors (Lipinski definition) is 1. The molecule has 0 radical (unpaired) electrons. The van der Waals surface area contributed by atoms with Gasteiger partial charge in [-0.25, -0.2) is 9.69 Å². The van der Waals surface area contributed by atoms with Crippen molar-refractivity contribution in [1.82, 2.24) is 5.32 Å². The van der Waals surface area contributed by atoms with Crippen LogP contribution < -0.4 is 19.7 Å². The van der Waals surface area contributed by atoms with Crippen LogP contribution in [0, 0.1) is 0 Å². The van der Waals surface area contributed by atoms with E-state index in [0.717, 1.165) is 16.9 Å². The standard InChI is InChI=1S/C23H24N2O5/c1-5-15-9-11-17(12-10-15)25-22(27)18(21(26)24-23(25)28)13-16-7-6-8-19(29-4)20(16)30-14(2)3/h6-14H,5H2,1-4H3,(H,24,26,28)/b18-13+. The molecule has 4 amide bonds. The summed E-state index contributed by atoms with van der Waals surface area (Å²) in [5.41, 5.74) is 1.79. The molecule has 1 aliphatic heterocycles. The van der Waals surface area contributed by atoms with Crippen molar-refractivity contribution < 1.29 is 23.9 Å². The Hall–Kier alpha value is -3.61. The average molecular weight is 408 g/mol. The molecular formula is C23H24N2O5. The molecule has 0 aliphatic carbocycles. The highest BCUT2D eigenvalue weighted by Crippen LogP contribution is 2.34. The number of urea groups is 1. The molecule has 1 heterocycles. The summed E-state index contributed by atoms with van der Waals surface area (Å²) in [6.07, 6.45) is 2.10. The zero-order valence-corrected chi connectivity index (χ0v) is 17.4. The first-order chi connectivity index (χ1) is 14.3. The number of para-hydroxylation sites is 1. The van der Waals surface area contributed by atoms with Gasteiger partial charge in [-0.2, -0.15) is 0 Å². The lowest BCUT2D eigenvalue weighted by atomic mass is 10.0. The molecule has 30 heavy (non-hydrogen) atoms. The van der Waals surface area contributed by atoms with Gasteiger partial charge in [0.15, 0.2) is 11.5 Å². The minimum atomic E-state index is -0.782. The highest BCUT2D eigenvalue weighted by atomic mass is 16.5. The third-order valence-corrected chi connectivity index (χ3v) is 4.59. The number of imide groups is 2. The summed E-state index contributed by atoms with van der Waals surface area (Å²) >= 11 is 0. The number of aryl methyl sites for hydroxylation is 1. The normalized spacial score (nSPS) is 15.6. The number of carbonyl (C=O) groups is 3. The lowest BCUT2D eigenvalue weighted by Gasteiger charge is -2.26. The van der Waals surface area contributed by atoms with Crippen LogP contribution in [0.4, 0.5) is 10.5 Å². The monoisotopic (exact) mass is 408 g/mol. The largest absolute Gasteiger partial charge is 0.493 e. The van der Waals surface area contributed by atoms with E-state index >= 15 is 0 Å². The molecule has 7 nitrogen and oxygen atoms in total. The van der Waals surface area contributed by atoms with Crippen LogP contribution in [0.5, 0.6) is 11.5 Å². The first-order valence-electron chi connectivity index (χ1n) is 9.69. The van der Waals surface area contributed by atoms with Crippen molar-refractivity contribution >= 4 is 29.6 Å². The number of methoxy groups -OCH3 is 1. The molecule has 0 unspecified atom stereocenters. The van der Waals surface area contributed by atoms with Crippen LogP contribution in [-0.2, 0) is 16.0 Å². The van der Waals surface area contributed by atoms with Crippen molar-refractivity contribution in [1.29, 1.82) is 0 Å². The third kappa shape index (κ3) is 4.20. The van der Waals surface area contributed by atoms with Crippen molar-refractivity contribution in [2.45, 2.75) is 33.3 Å². The number of carbonyl (C=O) groups excluding carboxylic acids is 3. The van der Waals surface area contributed by atoms with E-state index in [4.69, 9.17) is 9.47 Å². The molecule has 2 aromatic carbocycles. The molecule has 2 aromatic rings. The number of amides is 4. The lowest BCUT2D eigenvalue weighted by Crippen LogP contribution is -2.54. The molecule has 1 saturated heterocycles. The Morgan fingerprint density at radius 3 is 2.37 bits per heavy atom. The maximum Gasteiger partial charge on any atom is 0.335 e. The summed E-state index contributed by atoms with van der Waals surface area (Å²) in [6, 6.07) is 11.4. The van der Waals surface area contributed by atoms with E-state index < -0.39 is 17.8 Å². The molecule has 0 bridgehead atoms. The molecule has 1 fully saturated rings. The van der Waals surface area contributed by atoms with E-state index in [-0.39, 0.29) is 11.7 Å². The van der Waals surface area contributed by atoms with E-state index in [1.807, 2.05) is 32.9 Å². The molecule has 0 spiro atoms. The minimum Gasteiger partial charge on any atom is -0.493 e. The van der Waals surface area contributed by atoms with Crippen LogP contribution in [0.2, 0.25) is 0 Å². The molecule has 0 atom stereocenters. The zero-order valence-electron chi connectivity index (χ0n) is 17.4. The van der Waals surface area contributed by atoms with Gasteiger partial charge in [0.25, 0.3) is 11.8 Å². The Bertz CT molecular complexity index is 1010. The Balaban J connectivity index is 2.04. The first kappa shape index (κ1) is 21.1. The molecule has 3 rings (SSSR count). The molecule has 1 N–H and O–H groups in total. The highest BCUT2D eigenvalue weighted by Gasteiger charge is 2.37. The smallest absolute Gasteiger partial charge is 0.335 e. The summed E-state index contributed by atoms with van der Waals surface area (Å²) in [7, 11) is 1.51. The Morgan fingerprint density at radius 2 is 1.77 bits per heavy atom. The van der Waals surface area contributed by atoms with E-state index in [2.05, 4.69) is 5.32 Å². The number of anilines is 1. The molecule has 7 heteroatoms. The zero-order chi connectivity index (χ0) is 21.8. The summed E-state index contributed by atoms with van der Waals surface area (Å²) < 4.78 is 11.2. The Morgan fingerprint density at radius 1 is 1.07 bits per heavy atom. The van der Waals surface area contributed by atoms with Crippen LogP contribution in [0.25, 0.3) is 6.08 Å². The van der Waals surface area contributed by atoms with Gasteiger partial charge in [-0.3, -0.25) is 14.9 Å². The van der Waals surface area contributed by atoms with E-state index in [9.17, 15) is 14.4 Å². The SMILES string of the molecule is CCc1ccc(N2C(=O)NC(=O)/C(=C\c3cccc(OC)c3OC(C)C)C2=O)cc1. The van der Waals surface area contributed by atoms with Crippen LogP contribution in [-0.4, -0.2) is 31.1 Å². The Labute approximate surface area is 175 Å². The van der Waals surface area contributed by atoms with Gasteiger partial charge in [0.1, 0.15) is 5.57 Å². The van der Waals surface area contributed by atoms with Gasteiger partial charge in [-0.1, -0.05) is 31.2 Å². The van der Waals surface area contributed by atoms with Crippen molar-refractivity contribution in [3.05, 3.63) is 59.2 Å². The van der Waals surface area contributed by atoms with E-state index in [1.54, 1.807) is 30.3 Å². The van der Waals surface area contributed by atoms with E-state index in [1.165, 1.54) is 13.2 Å². The van der Waals surface area contributed by atoms with Gasteiger partial charge >= 0.3 is 6.03 Å². The predicted octanol–water partition coefficient (Wildman–Crippen LogP) is 3.71. The highest BCUT2D eigenvalue weighted by molar-refractivity contribution is 6.39. The minimum absolute atomic E-state index is 0.149. The van der Waals surface area contributed by atoms with Gasteiger partial charge < -0.3 is 9.47 Å². The second-order valence-electron chi connectivity index (χ2n) is 7.02. The van der Waals surface area contributed by atoms with Crippen LogP contribution in [0.1, 0.15) is 31.9 Å². The number of ether oxygens (including phenoxy) is 2. The summed E-state index contributed by atoms with van der Waals surface area (Å²) in [4.78, 5) is 38.9. The number of nitrogens with zero attached hydrogens (tertiary/aromatic N) is 1. The van der Waals surface area contributed by atoms with Crippen LogP contribution in [0.3, 0.4) is 0 Å². The van der Waals surface area contributed by atoms with Gasteiger partial charge in [0, 0.05) is 5.56 Å². The van der Waals surface area contributed by atoms with Crippen LogP contribution >= 0.6 is 0 Å². The fraction of sp³-hybridized carbons (Fsp3) is 0.261. The van der Waals surface area contributed by atoms with Crippen molar-refractivity contribution in [2.75, 3.05) is 12.0 Å². The van der Waals surface area contributed by atoms with Crippen molar-refractivity contribution in [2.24, 2.45) is 0 Å². The van der Waals surface area contributed by atoms with Gasteiger partial charge in [-0.05, 0) is 50.1 Å². The fourth-order valence-corrected chi connectivity index (χ4v) is 3.10. The second-order valence-corrected chi connectivity index (χ2v) is 7.02. The first-order valence-corrected chi connectivity index (χ1v) is 9.69. The summed E-state index contributed by atoms with van der Waals surface area (Å²) in [5, 5.41) is 2.23. The molecule has 156 valence electrons. The van der Waals surface area contributed by atoms with Gasteiger partial charge in [0.05, 0.1) is 18.9 Å². The number of hydrogen-bond acceptors (Lipinski definition) is 5. The molecule has 0 saturated carbocycles. The lowest BCUT2D eigenvalue weighted by molar-refractivity contribution is -0.122. The van der Waals surface area contributed by atoms with Crippen molar-refractivity contribution in [3.8, 4) is 11.5 Å². The third-order valence-electron chi connectivity index (χ3n) is 4.59. The van der Waals surface area contributed by atoms with Crippen molar-refractivity contribution in [3.63, 3.8) is 0 Å². The van der Waals surface area contributed by atoms with Crippen LogP contribution in [0.15, 0.2) is 48.0 Å². The average Bonchev–Trinajstić information content (AvgIpc) is 2.72. The van der Waals surface area contributed by atoms with Gasteiger partial charge in [0.2, 0.25) is 0 Å². The van der Waals surface area contributed by atoms with E-state index in [0.29, 0.717) is 22.7 Å². The Kier molecular flexibility index (Phi) is 6.20. The number of benzene rings is 2. The predicted molar refractivity (Wildman–Crippen MR) is 114 cm³/mol. The number of rotatable bonds is 6. The quantitative estimate of drug-likeness (QED) is 0.582. The van der Waals surface area contributed by atoms with Gasteiger partial charge in [-0.15, -0.1) is 0 Å². The topological polar surface area (TPSA) is 84.9 Å². The number of nitrogens with one attached hydrogen (secondary N) is 1. The maximum absolute atomic E-state index is 13.1. The molecule has 1 aliphatic rings. The maximum atomic E-state index is 13.1. The molecular weight excluding hydrogens is 384 g/mol. The second kappa shape index (κ2) is 8.82. The molecule has 0 aromatic heterocycles. The fourth-order valence-electron chi connectivity index (χ4n) is 3.10. The number of barbiturate groups is 1. The summed E-state index contributed by atoms with van der Waals surface area (Å²) in [6.45, 7) is 5.74. The summed E-state index contributed by atoms with van der Waals surface area (Å²) in [5.74, 6) is -0.570.